The molecule has 2 aliphatic rings. The molecule has 2 aliphatic heterocycles. The molecule has 0 aromatic heterocycles. The quantitative estimate of drug-likeness (QED) is 0.856. The Kier molecular flexibility index (Phi) is 5.44. The van der Waals surface area contributed by atoms with E-state index in [9.17, 15) is 4.79 Å². The molecule has 2 fully saturated rings. The van der Waals surface area contributed by atoms with Gasteiger partial charge in [-0.1, -0.05) is 13.8 Å². The Morgan fingerprint density at radius 2 is 1.90 bits per heavy atom. The van der Waals surface area contributed by atoms with Gasteiger partial charge in [-0.05, 0) is 50.6 Å². The van der Waals surface area contributed by atoms with Crippen LogP contribution in [0.25, 0.3) is 0 Å². The summed E-state index contributed by atoms with van der Waals surface area (Å²) in [5.41, 5.74) is -0.273. The summed E-state index contributed by atoms with van der Waals surface area (Å²) in [6.07, 6.45) is 4.13. The zero-order chi connectivity index (χ0) is 14.6. The third kappa shape index (κ3) is 3.34. The van der Waals surface area contributed by atoms with E-state index in [1.165, 1.54) is 0 Å². The van der Waals surface area contributed by atoms with Gasteiger partial charge in [0.05, 0.1) is 12.0 Å². The lowest BCUT2D eigenvalue weighted by Crippen LogP contribution is -2.53. The van der Waals surface area contributed by atoms with Gasteiger partial charge in [0.1, 0.15) is 0 Å². The number of carbonyl (C=O) groups is 1. The highest BCUT2D eigenvalue weighted by molar-refractivity contribution is 5.83. The summed E-state index contributed by atoms with van der Waals surface area (Å²) in [6.45, 7) is 8.87. The lowest BCUT2D eigenvalue weighted by Gasteiger charge is -2.42. The van der Waals surface area contributed by atoms with Crippen LogP contribution in [-0.4, -0.2) is 50.7 Å². The zero-order valence-corrected chi connectivity index (χ0v) is 13.3. The number of amides is 1. The predicted molar refractivity (Wildman–Crippen MR) is 80.6 cm³/mol. The molecule has 1 N–H and O–H groups in total. The van der Waals surface area contributed by atoms with Crippen LogP contribution in [0.1, 0.15) is 39.5 Å². The Labute approximate surface area is 123 Å². The number of carbonyl (C=O) groups excluding carboxylic acids is 1. The zero-order valence-electron chi connectivity index (χ0n) is 13.3. The highest BCUT2D eigenvalue weighted by Gasteiger charge is 2.42. The van der Waals surface area contributed by atoms with E-state index in [0.717, 1.165) is 63.7 Å². The molecule has 1 amide bonds. The topological polar surface area (TPSA) is 41.6 Å². The minimum Gasteiger partial charge on any atom is -0.384 e. The monoisotopic (exact) mass is 282 g/mol. The van der Waals surface area contributed by atoms with Crippen molar-refractivity contribution < 1.29 is 9.53 Å². The SMILES string of the molecule is COCC1(C(=O)N2CCC(C(C)C)CC2)CCNCC1. The van der Waals surface area contributed by atoms with E-state index in [-0.39, 0.29) is 5.41 Å². The van der Waals surface area contributed by atoms with Gasteiger partial charge in [-0.15, -0.1) is 0 Å². The molecule has 4 heteroatoms. The van der Waals surface area contributed by atoms with Crippen LogP contribution in [0.5, 0.6) is 0 Å². The summed E-state index contributed by atoms with van der Waals surface area (Å²) in [5, 5.41) is 3.35. The van der Waals surface area contributed by atoms with Gasteiger partial charge in [-0.2, -0.15) is 0 Å². The minimum absolute atomic E-state index is 0.273. The second-order valence-corrected chi connectivity index (χ2v) is 6.84. The summed E-state index contributed by atoms with van der Waals surface area (Å²) >= 11 is 0. The molecule has 0 spiro atoms. The van der Waals surface area contributed by atoms with Crippen LogP contribution >= 0.6 is 0 Å². The van der Waals surface area contributed by atoms with E-state index in [4.69, 9.17) is 4.74 Å². The summed E-state index contributed by atoms with van der Waals surface area (Å²) in [6, 6.07) is 0. The van der Waals surface area contributed by atoms with Crippen LogP contribution in [0.4, 0.5) is 0 Å². The maximum atomic E-state index is 13.0. The van der Waals surface area contributed by atoms with Crippen molar-refractivity contribution in [2.45, 2.75) is 39.5 Å². The lowest BCUT2D eigenvalue weighted by molar-refractivity contribution is -0.149. The van der Waals surface area contributed by atoms with Crippen LogP contribution in [-0.2, 0) is 9.53 Å². The Morgan fingerprint density at radius 1 is 1.30 bits per heavy atom. The number of nitrogens with zero attached hydrogens (tertiary/aromatic N) is 1. The van der Waals surface area contributed by atoms with Gasteiger partial charge in [-0.25, -0.2) is 0 Å². The van der Waals surface area contributed by atoms with Crippen LogP contribution in [0, 0.1) is 17.3 Å². The minimum atomic E-state index is -0.273. The lowest BCUT2D eigenvalue weighted by atomic mass is 9.77. The molecule has 2 heterocycles. The van der Waals surface area contributed by atoms with Crippen molar-refractivity contribution in [1.29, 1.82) is 0 Å². The molecule has 2 saturated heterocycles. The van der Waals surface area contributed by atoms with Crippen molar-refractivity contribution >= 4 is 5.91 Å². The average molecular weight is 282 g/mol. The van der Waals surface area contributed by atoms with Crippen molar-refractivity contribution in [3.8, 4) is 0 Å². The first kappa shape index (κ1) is 15.8. The van der Waals surface area contributed by atoms with E-state index in [2.05, 4.69) is 24.1 Å². The fourth-order valence-electron chi connectivity index (χ4n) is 3.71. The summed E-state index contributed by atoms with van der Waals surface area (Å²) < 4.78 is 5.38. The van der Waals surface area contributed by atoms with Gasteiger partial charge in [0.15, 0.2) is 0 Å². The van der Waals surface area contributed by atoms with E-state index in [1.54, 1.807) is 7.11 Å². The normalized spacial score (nSPS) is 24.1. The van der Waals surface area contributed by atoms with Crippen molar-refractivity contribution in [2.24, 2.45) is 17.3 Å². The summed E-state index contributed by atoms with van der Waals surface area (Å²) in [5.74, 6) is 1.85. The van der Waals surface area contributed by atoms with Crippen molar-refractivity contribution in [2.75, 3.05) is 39.9 Å². The summed E-state index contributed by atoms with van der Waals surface area (Å²) in [4.78, 5) is 15.1. The highest BCUT2D eigenvalue weighted by Crippen LogP contribution is 2.34. The second kappa shape index (κ2) is 6.90. The first-order valence-electron chi connectivity index (χ1n) is 8.08. The average Bonchev–Trinajstić information content (AvgIpc) is 2.48. The first-order chi connectivity index (χ1) is 9.59. The number of nitrogens with one attached hydrogen (secondary N) is 1. The van der Waals surface area contributed by atoms with Crippen molar-refractivity contribution in [3.63, 3.8) is 0 Å². The van der Waals surface area contributed by atoms with E-state index in [0.29, 0.717) is 12.5 Å². The maximum absolute atomic E-state index is 13.0. The third-order valence-corrected chi connectivity index (χ3v) is 5.20. The first-order valence-corrected chi connectivity index (χ1v) is 8.08. The molecule has 0 aromatic rings. The summed E-state index contributed by atoms with van der Waals surface area (Å²) in [7, 11) is 1.71. The molecule has 0 unspecified atom stereocenters. The molecule has 116 valence electrons. The smallest absolute Gasteiger partial charge is 0.231 e. The fourth-order valence-corrected chi connectivity index (χ4v) is 3.71. The second-order valence-electron chi connectivity index (χ2n) is 6.84. The van der Waals surface area contributed by atoms with Crippen LogP contribution in [0.15, 0.2) is 0 Å². The molecule has 0 atom stereocenters. The Bertz CT molecular complexity index is 311. The molecule has 2 rings (SSSR count). The third-order valence-electron chi connectivity index (χ3n) is 5.20. The highest BCUT2D eigenvalue weighted by atomic mass is 16.5. The molecule has 4 nitrogen and oxygen atoms in total. The molecule has 0 aromatic carbocycles. The fraction of sp³-hybridized carbons (Fsp3) is 0.938. The largest absolute Gasteiger partial charge is 0.384 e. The van der Waals surface area contributed by atoms with Gasteiger partial charge in [0.2, 0.25) is 5.91 Å². The van der Waals surface area contributed by atoms with Gasteiger partial charge in [0, 0.05) is 20.2 Å². The number of hydrogen-bond acceptors (Lipinski definition) is 3. The molecule has 0 bridgehead atoms. The Balaban J connectivity index is 1.98. The number of ether oxygens (including phenoxy) is 1. The number of likely N-dealkylation sites (tertiary alicyclic amines) is 1. The van der Waals surface area contributed by atoms with Crippen molar-refractivity contribution in [3.05, 3.63) is 0 Å². The molecule has 0 saturated carbocycles. The Morgan fingerprint density at radius 3 is 2.40 bits per heavy atom. The standard InChI is InChI=1S/C16H30N2O2/c1-13(2)14-4-10-18(11-5-14)15(19)16(12-20-3)6-8-17-9-7-16/h13-14,17H,4-12H2,1-3H3. The van der Waals surface area contributed by atoms with E-state index >= 15 is 0 Å². The van der Waals surface area contributed by atoms with Crippen LogP contribution in [0.3, 0.4) is 0 Å². The van der Waals surface area contributed by atoms with Gasteiger partial charge >= 0.3 is 0 Å². The van der Waals surface area contributed by atoms with Gasteiger partial charge < -0.3 is 15.0 Å². The van der Waals surface area contributed by atoms with E-state index in [1.807, 2.05) is 0 Å². The number of methoxy groups -OCH3 is 1. The molecule has 20 heavy (non-hydrogen) atoms. The van der Waals surface area contributed by atoms with Crippen LogP contribution < -0.4 is 5.32 Å². The van der Waals surface area contributed by atoms with Gasteiger partial charge in [-0.3, -0.25) is 4.79 Å². The molecule has 0 radical (unpaired) electrons. The molecular formula is C16H30N2O2. The van der Waals surface area contributed by atoms with Crippen molar-refractivity contribution in [1.82, 2.24) is 10.2 Å². The molecule has 0 aliphatic carbocycles. The predicted octanol–water partition coefficient (Wildman–Crippen LogP) is 1.90. The van der Waals surface area contributed by atoms with Gasteiger partial charge in [0.25, 0.3) is 0 Å². The maximum Gasteiger partial charge on any atom is 0.231 e. The van der Waals surface area contributed by atoms with Crippen LogP contribution in [0.2, 0.25) is 0 Å². The molecular weight excluding hydrogens is 252 g/mol. The van der Waals surface area contributed by atoms with E-state index < -0.39 is 0 Å². The number of rotatable bonds is 4. The Hall–Kier alpha value is -0.610. The number of hydrogen-bond donors (Lipinski definition) is 1. The number of piperidine rings is 2.